The third kappa shape index (κ3) is 8.87. The maximum atomic E-state index is 13.2. The number of aromatic nitrogens is 2. The number of aliphatic hydroxyl groups is 1. The van der Waals surface area contributed by atoms with Crippen LogP contribution in [0.25, 0.3) is 0 Å². The van der Waals surface area contributed by atoms with E-state index < -0.39 is 12.3 Å². The molecule has 4 unspecified atom stereocenters. The van der Waals surface area contributed by atoms with E-state index in [-0.39, 0.29) is 42.9 Å². The summed E-state index contributed by atoms with van der Waals surface area (Å²) < 4.78 is 28.0. The Kier molecular flexibility index (Phi) is 12.7. The van der Waals surface area contributed by atoms with Crippen LogP contribution in [-0.2, 0) is 24.2 Å². The molecule has 0 bridgehead atoms. The van der Waals surface area contributed by atoms with Crippen molar-refractivity contribution in [1.29, 1.82) is 0 Å². The standard InChI is InChI=1S/C23H28F2N4O2.C11H24O/c1-14-5-4-6-19(15(14)2)27-7-9-28(10-8-27)21(31)13-29-20-12-17(23(24)25)11-18(20)22(26-29)16(3)30;1-5-9(3)7-8-11(12)10(4)6-2/h4-6,17,23H,7-13H2,1-3H3;9-12H,5-8H2,1-4H3. The number of fused-ring (bicyclic) bond motifs is 1. The lowest BCUT2D eigenvalue weighted by atomic mass is 9.93. The van der Waals surface area contributed by atoms with Crippen LogP contribution in [0.1, 0.15) is 93.2 Å². The number of ketones is 1. The SMILES string of the molecule is CC(=O)c1nn(CC(=O)N2CCN(c3cccc(C)c3C)CC2)c2c1CC(C(F)F)C2.CCC(C)CCC(O)C(C)CC. The number of hydrogen-bond donors (Lipinski definition) is 1. The summed E-state index contributed by atoms with van der Waals surface area (Å²) in [5.41, 5.74) is 5.11. The molecule has 1 aliphatic carbocycles. The number of carbonyl (C=O) groups is 2. The van der Waals surface area contributed by atoms with E-state index in [9.17, 15) is 23.5 Å². The molecular weight excluding hydrogens is 550 g/mol. The van der Waals surface area contributed by atoms with Crippen molar-refractivity contribution in [3.05, 3.63) is 46.3 Å². The number of alkyl halides is 2. The van der Waals surface area contributed by atoms with Crippen molar-refractivity contribution in [3.8, 4) is 0 Å². The number of anilines is 1. The molecule has 0 radical (unpaired) electrons. The van der Waals surface area contributed by atoms with E-state index >= 15 is 0 Å². The molecular formula is C34H52F2N4O3. The molecule has 1 aliphatic heterocycles. The first-order chi connectivity index (χ1) is 20.4. The third-order valence-electron chi connectivity index (χ3n) is 9.57. The van der Waals surface area contributed by atoms with Crippen LogP contribution in [0, 0.1) is 31.6 Å². The number of nitrogens with zero attached hydrogens (tertiary/aromatic N) is 4. The predicted octanol–water partition coefficient (Wildman–Crippen LogP) is 6.25. The Balaban J connectivity index is 0.000000359. The Bertz CT molecular complexity index is 1220. The Labute approximate surface area is 256 Å². The van der Waals surface area contributed by atoms with Crippen molar-refractivity contribution in [2.45, 2.75) is 106 Å². The summed E-state index contributed by atoms with van der Waals surface area (Å²) in [6, 6.07) is 6.25. The molecule has 1 fully saturated rings. The Morgan fingerprint density at radius 2 is 1.70 bits per heavy atom. The minimum absolute atomic E-state index is 0.0188. The fraction of sp³-hybridized carbons (Fsp3) is 0.676. The average molecular weight is 603 g/mol. The van der Waals surface area contributed by atoms with Gasteiger partial charge < -0.3 is 14.9 Å². The number of Topliss-reactive ketones (excluding diaryl/α,β-unsaturated/α-hetero) is 1. The summed E-state index contributed by atoms with van der Waals surface area (Å²) >= 11 is 0. The number of benzene rings is 1. The van der Waals surface area contributed by atoms with Crippen molar-refractivity contribution in [1.82, 2.24) is 14.7 Å². The van der Waals surface area contributed by atoms with E-state index in [1.165, 1.54) is 41.3 Å². The zero-order chi connectivity index (χ0) is 31.8. The highest BCUT2D eigenvalue weighted by atomic mass is 19.3. The first kappa shape index (κ1) is 34.7. The normalized spacial score (nSPS) is 18.6. The molecule has 1 amide bonds. The number of aryl methyl sites for hydroxylation is 1. The van der Waals surface area contributed by atoms with Crippen LogP contribution in [0.2, 0.25) is 0 Å². The molecule has 1 N–H and O–H groups in total. The zero-order valence-corrected chi connectivity index (χ0v) is 27.2. The van der Waals surface area contributed by atoms with Gasteiger partial charge in [-0.3, -0.25) is 14.3 Å². The van der Waals surface area contributed by atoms with Gasteiger partial charge in [-0.15, -0.1) is 0 Å². The summed E-state index contributed by atoms with van der Waals surface area (Å²) in [7, 11) is 0. The second kappa shape index (κ2) is 15.8. The maximum absolute atomic E-state index is 13.2. The molecule has 2 aromatic rings. The number of piperazine rings is 1. The molecule has 0 saturated carbocycles. The van der Waals surface area contributed by atoms with Gasteiger partial charge in [-0.2, -0.15) is 5.10 Å². The first-order valence-electron chi connectivity index (χ1n) is 16.0. The highest BCUT2D eigenvalue weighted by molar-refractivity contribution is 5.94. The van der Waals surface area contributed by atoms with Gasteiger partial charge in [0, 0.05) is 56.0 Å². The molecule has 7 nitrogen and oxygen atoms in total. The molecule has 4 rings (SSSR count). The van der Waals surface area contributed by atoms with Gasteiger partial charge in [-0.25, -0.2) is 8.78 Å². The molecule has 4 atom stereocenters. The summed E-state index contributed by atoms with van der Waals surface area (Å²) in [5.74, 6) is 0.0762. The second-order valence-corrected chi connectivity index (χ2v) is 12.6. The van der Waals surface area contributed by atoms with Crippen LogP contribution >= 0.6 is 0 Å². The Morgan fingerprint density at radius 1 is 1.02 bits per heavy atom. The van der Waals surface area contributed by atoms with Crippen molar-refractivity contribution in [2.24, 2.45) is 17.8 Å². The van der Waals surface area contributed by atoms with Gasteiger partial charge in [0.2, 0.25) is 12.3 Å². The van der Waals surface area contributed by atoms with E-state index in [0.717, 1.165) is 31.8 Å². The molecule has 1 aromatic carbocycles. The summed E-state index contributed by atoms with van der Waals surface area (Å²) in [6.45, 7) is 16.9. The zero-order valence-electron chi connectivity index (χ0n) is 27.2. The summed E-state index contributed by atoms with van der Waals surface area (Å²) in [6.07, 6.45) is 2.23. The van der Waals surface area contributed by atoms with Gasteiger partial charge in [0.25, 0.3) is 0 Å². The highest BCUT2D eigenvalue weighted by Gasteiger charge is 2.36. The molecule has 9 heteroatoms. The lowest BCUT2D eigenvalue weighted by molar-refractivity contribution is -0.132. The predicted molar refractivity (Wildman–Crippen MR) is 168 cm³/mol. The number of amides is 1. The number of halogens is 2. The number of rotatable bonds is 11. The van der Waals surface area contributed by atoms with E-state index in [1.807, 2.05) is 6.07 Å². The van der Waals surface area contributed by atoms with Crippen LogP contribution in [0.4, 0.5) is 14.5 Å². The summed E-state index contributed by atoms with van der Waals surface area (Å²) in [4.78, 5) is 29.0. The van der Waals surface area contributed by atoms with Crippen LogP contribution in [0.15, 0.2) is 18.2 Å². The third-order valence-corrected chi connectivity index (χ3v) is 9.57. The molecule has 1 aromatic heterocycles. The van der Waals surface area contributed by atoms with Gasteiger partial charge in [0.15, 0.2) is 5.78 Å². The average Bonchev–Trinajstić information content (AvgIpc) is 3.58. The number of carbonyl (C=O) groups excluding carboxylic acids is 2. The van der Waals surface area contributed by atoms with Crippen LogP contribution in [-0.4, -0.2) is 70.2 Å². The first-order valence-corrected chi connectivity index (χ1v) is 16.0. The second-order valence-electron chi connectivity index (χ2n) is 12.6. The van der Waals surface area contributed by atoms with Gasteiger partial charge in [0.05, 0.1) is 6.10 Å². The van der Waals surface area contributed by atoms with Gasteiger partial charge >= 0.3 is 0 Å². The fourth-order valence-corrected chi connectivity index (χ4v) is 5.87. The van der Waals surface area contributed by atoms with E-state index in [4.69, 9.17) is 0 Å². The van der Waals surface area contributed by atoms with Crippen LogP contribution < -0.4 is 4.90 Å². The van der Waals surface area contributed by atoms with E-state index in [1.54, 1.807) is 4.90 Å². The van der Waals surface area contributed by atoms with Crippen molar-refractivity contribution in [3.63, 3.8) is 0 Å². The smallest absolute Gasteiger partial charge is 0.244 e. The lowest BCUT2D eigenvalue weighted by Gasteiger charge is -2.37. The van der Waals surface area contributed by atoms with Crippen LogP contribution in [0.3, 0.4) is 0 Å². The highest BCUT2D eigenvalue weighted by Crippen LogP contribution is 2.33. The van der Waals surface area contributed by atoms with Gasteiger partial charge in [0.1, 0.15) is 12.2 Å². The number of hydrogen-bond acceptors (Lipinski definition) is 5. The minimum Gasteiger partial charge on any atom is -0.393 e. The van der Waals surface area contributed by atoms with Crippen LogP contribution in [0.5, 0.6) is 0 Å². The quantitative estimate of drug-likeness (QED) is 0.308. The van der Waals surface area contributed by atoms with Crippen molar-refractivity contribution >= 4 is 17.4 Å². The molecule has 240 valence electrons. The fourth-order valence-electron chi connectivity index (χ4n) is 5.87. The van der Waals surface area contributed by atoms with Gasteiger partial charge in [-0.05, 0) is 68.6 Å². The summed E-state index contributed by atoms with van der Waals surface area (Å²) in [5, 5.41) is 14.0. The van der Waals surface area contributed by atoms with E-state index in [2.05, 4.69) is 63.7 Å². The van der Waals surface area contributed by atoms with Crippen molar-refractivity contribution < 1.29 is 23.5 Å². The van der Waals surface area contributed by atoms with Crippen molar-refractivity contribution in [2.75, 3.05) is 31.1 Å². The maximum Gasteiger partial charge on any atom is 0.244 e. The Hall–Kier alpha value is -2.81. The molecule has 2 heterocycles. The minimum atomic E-state index is -2.45. The molecule has 1 saturated heterocycles. The molecule has 2 aliphatic rings. The largest absolute Gasteiger partial charge is 0.393 e. The molecule has 43 heavy (non-hydrogen) atoms. The van der Waals surface area contributed by atoms with E-state index in [0.29, 0.717) is 30.3 Å². The molecule has 0 spiro atoms. The number of aliphatic hydroxyl groups excluding tert-OH is 1. The monoisotopic (exact) mass is 602 g/mol. The topological polar surface area (TPSA) is 78.7 Å². The van der Waals surface area contributed by atoms with Gasteiger partial charge in [-0.1, -0.05) is 52.7 Å². The lowest BCUT2D eigenvalue weighted by Crippen LogP contribution is -2.50. The Morgan fingerprint density at radius 3 is 2.28 bits per heavy atom.